The third-order valence-corrected chi connectivity index (χ3v) is 3.60. The summed E-state index contributed by atoms with van der Waals surface area (Å²) in [5.41, 5.74) is 1.69. The summed E-state index contributed by atoms with van der Waals surface area (Å²) in [6.45, 7) is 3.83. The zero-order chi connectivity index (χ0) is 13.9. The van der Waals surface area contributed by atoms with Crippen LogP contribution in [0.2, 0.25) is 0 Å². The molecule has 102 valence electrons. The first-order chi connectivity index (χ1) is 9.72. The highest BCUT2D eigenvalue weighted by Crippen LogP contribution is 2.22. The summed E-state index contributed by atoms with van der Waals surface area (Å²) < 4.78 is 5.52. The SMILES string of the molecule is Cc1nc(CSc2n[nH]c(-c3ccccn3)n2)oc1C. The van der Waals surface area contributed by atoms with Gasteiger partial charge in [0.25, 0.3) is 0 Å². The van der Waals surface area contributed by atoms with Crippen LogP contribution in [-0.4, -0.2) is 25.1 Å². The molecule has 0 saturated carbocycles. The molecule has 0 aliphatic heterocycles. The Morgan fingerprint density at radius 2 is 2.15 bits per heavy atom. The zero-order valence-electron chi connectivity index (χ0n) is 11.1. The van der Waals surface area contributed by atoms with Crippen molar-refractivity contribution in [1.82, 2.24) is 25.1 Å². The van der Waals surface area contributed by atoms with Crippen LogP contribution in [-0.2, 0) is 5.75 Å². The lowest BCUT2D eigenvalue weighted by Crippen LogP contribution is -1.84. The molecular weight excluding hydrogens is 274 g/mol. The second-order valence-electron chi connectivity index (χ2n) is 4.22. The van der Waals surface area contributed by atoms with Crippen LogP contribution in [0, 0.1) is 13.8 Å². The van der Waals surface area contributed by atoms with Crippen LogP contribution >= 0.6 is 11.8 Å². The van der Waals surface area contributed by atoms with Gasteiger partial charge in [-0.3, -0.25) is 10.1 Å². The molecule has 0 atom stereocenters. The summed E-state index contributed by atoms with van der Waals surface area (Å²) in [5, 5.41) is 7.69. The minimum atomic E-state index is 0.605. The maximum atomic E-state index is 5.52. The second-order valence-corrected chi connectivity index (χ2v) is 5.16. The van der Waals surface area contributed by atoms with Gasteiger partial charge in [0.05, 0.1) is 11.4 Å². The molecule has 0 spiro atoms. The van der Waals surface area contributed by atoms with Gasteiger partial charge in [-0.15, -0.1) is 5.10 Å². The van der Waals surface area contributed by atoms with Gasteiger partial charge >= 0.3 is 0 Å². The van der Waals surface area contributed by atoms with Gasteiger partial charge < -0.3 is 4.42 Å². The summed E-state index contributed by atoms with van der Waals surface area (Å²) in [5.74, 6) is 2.81. The molecule has 0 aromatic carbocycles. The molecule has 3 aromatic rings. The molecule has 0 unspecified atom stereocenters. The molecule has 0 aliphatic rings. The predicted octanol–water partition coefficient (Wildman–Crippen LogP) is 2.76. The Bertz CT molecular complexity index is 687. The van der Waals surface area contributed by atoms with Gasteiger partial charge in [0, 0.05) is 6.20 Å². The lowest BCUT2D eigenvalue weighted by Gasteiger charge is -1.92. The first-order valence-corrected chi connectivity index (χ1v) is 7.10. The van der Waals surface area contributed by atoms with E-state index in [2.05, 4.69) is 25.1 Å². The molecule has 0 fully saturated rings. The Labute approximate surface area is 120 Å². The van der Waals surface area contributed by atoms with Crippen molar-refractivity contribution in [1.29, 1.82) is 0 Å². The van der Waals surface area contributed by atoms with E-state index in [1.165, 1.54) is 11.8 Å². The third kappa shape index (κ3) is 2.72. The molecule has 7 heteroatoms. The fourth-order valence-corrected chi connectivity index (χ4v) is 2.30. The van der Waals surface area contributed by atoms with Crippen molar-refractivity contribution in [2.75, 3.05) is 0 Å². The van der Waals surface area contributed by atoms with Crippen LogP contribution in [0.4, 0.5) is 0 Å². The van der Waals surface area contributed by atoms with Crippen LogP contribution in [0.25, 0.3) is 11.5 Å². The van der Waals surface area contributed by atoms with Gasteiger partial charge in [0.1, 0.15) is 11.5 Å². The Balaban J connectivity index is 1.69. The van der Waals surface area contributed by atoms with Gasteiger partial charge in [-0.05, 0) is 26.0 Å². The highest BCUT2D eigenvalue weighted by atomic mass is 32.2. The van der Waals surface area contributed by atoms with Crippen molar-refractivity contribution < 1.29 is 4.42 Å². The number of hydrogen-bond acceptors (Lipinski definition) is 6. The van der Waals surface area contributed by atoms with Crippen LogP contribution in [0.3, 0.4) is 0 Å². The number of thioether (sulfide) groups is 1. The summed E-state index contributed by atoms with van der Waals surface area (Å²) in [4.78, 5) is 12.9. The van der Waals surface area contributed by atoms with Crippen LogP contribution in [0.15, 0.2) is 34.0 Å². The Hall–Kier alpha value is -2.15. The average molecular weight is 287 g/mol. The fourth-order valence-electron chi connectivity index (χ4n) is 1.66. The van der Waals surface area contributed by atoms with Crippen molar-refractivity contribution in [3.63, 3.8) is 0 Å². The number of rotatable bonds is 4. The quantitative estimate of drug-likeness (QED) is 0.743. The van der Waals surface area contributed by atoms with E-state index in [-0.39, 0.29) is 0 Å². The number of nitrogens with one attached hydrogen (secondary N) is 1. The molecule has 1 N–H and O–H groups in total. The smallest absolute Gasteiger partial charge is 0.209 e. The highest BCUT2D eigenvalue weighted by Gasteiger charge is 2.10. The second kappa shape index (κ2) is 5.46. The van der Waals surface area contributed by atoms with Gasteiger partial charge in [-0.2, -0.15) is 4.98 Å². The van der Waals surface area contributed by atoms with Crippen molar-refractivity contribution in [3.05, 3.63) is 41.7 Å². The van der Waals surface area contributed by atoms with Crippen molar-refractivity contribution in [3.8, 4) is 11.5 Å². The van der Waals surface area contributed by atoms with E-state index in [1.807, 2.05) is 32.0 Å². The van der Waals surface area contributed by atoms with Gasteiger partial charge in [0.15, 0.2) is 5.82 Å². The first kappa shape index (κ1) is 12.9. The lowest BCUT2D eigenvalue weighted by molar-refractivity contribution is 0.489. The number of aromatic amines is 1. The molecule has 3 aromatic heterocycles. The molecule has 3 rings (SSSR count). The van der Waals surface area contributed by atoms with E-state index in [4.69, 9.17) is 4.42 Å². The number of aromatic nitrogens is 5. The molecule has 3 heterocycles. The van der Waals surface area contributed by atoms with E-state index in [0.717, 1.165) is 17.1 Å². The number of nitrogens with zero attached hydrogens (tertiary/aromatic N) is 4. The first-order valence-electron chi connectivity index (χ1n) is 6.12. The minimum absolute atomic E-state index is 0.605. The summed E-state index contributed by atoms with van der Waals surface area (Å²) >= 11 is 1.47. The molecule has 20 heavy (non-hydrogen) atoms. The maximum Gasteiger partial charge on any atom is 0.209 e. The van der Waals surface area contributed by atoms with Crippen molar-refractivity contribution >= 4 is 11.8 Å². The average Bonchev–Trinajstić information content (AvgIpc) is 3.05. The van der Waals surface area contributed by atoms with Crippen molar-refractivity contribution in [2.24, 2.45) is 0 Å². The molecule has 0 aliphatic carbocycles. The van der Waals surface area contributed by atoms with E-state index in [0.29, 0.717) is 22.6 Å². The van der Waals surface area contributed by atoms with E-state index >= 15 is 0 Å². The van der Waals surface area contributed by atoms with E-state index in [1.54, 1.807) is 6.20 Å². The monoisotopic (exact) mass is 287 g/mol. The van der Waals surface area contributed by atoms with Crippen LogP contribution < -0.4 is 0 Å². The number of hydrogen-bond donors (Lipinski definition) is 1. The maximum absolute atomic E-state index is 5.52. The van der Waals surface area contributed by atoms with Crippen molar-refractivity contribution in [2.45, 2.75) is 24.8 Å². The molecule has 0 bridgehead atoms. The summed E-state index contributed by atoms with van der Waals surface area (Å²) in [7, 11) is 0. The summed E-state index contributed by atoms with van der Waals surface area (Å²) in [6.07, 6.45) is 1.73. The number of H-pyrrole nitrogens is 1. The van der Waals surface area contributed by atoms with Gasteiger partial charge in [0.2, 0.25) is 11.0 Å². The Morgan fingerprint density at radius 1 is 1.25 bits per heavy atom. The van der Waals surface area contributed by atoms with E-state index in [9.17, 15) is 0 Å². The fraction of sp³-hybridized carbons (Fsp3) is 0.231. The Morgan fingerprint density at radius 3 is 2.85 bits per heavy atom. The van der Waals surface area contributed by atoms with Crippen LogP contribution in [0.5, 0.6) is 0 Å². The predicted molar refractivity (Wildman–Crippen MR) is 75.2 cm³/mol. The molecule has 0 amide bonds. The Kier molecular flexibility index (Phi) is 3.51. The van der Waals surface area contributed by atoms with Gasteiger partial charge in [-0.25, -0.2) is 4.98 Å². The van der Waals surface area contributed by atoms with E-state index < -0.39 is 0 Å². The third-order valence-electron chi connectivity index (χ3n) is 2.77. The standard InChI is InChI=1S/C13H13N5OS/c1-8-9(2)19-11(15-8)7-20-13-16-12(17-18-13)10-5-3-4-6-14-10/h3-6H,7H2,1-2H3,(H,16,17,18). The molecule has 6 nitrogen and oxygen atoms in total. The topological polar surface area (TPSA) is 80.5 Å². The summed E-state index contributed by atoms with van der Waals surface area (Å²) in [6, 6.07) is 5.66. The normalized spacial score (nSPS) is 10.9. The molecule has 0 saturated heterocycles. The minimum Gasteiger partial charge on any atom is -0.445 e. The number of oxazole rings is 1. The van der Waals surface area contributed by atoms with Crippen LogP contribution in [0.1, 0.15) is 17.3 Å². The largest absolute Gasteiger partial charge is 0.445 e. The number of pyridine rings is 1. The van der Waals surface area contributed by atoms with Gasteiger partial charge in [-0.1, -0.05) is 17.8 Å². The molecular formula is C13H13N5OS. The lowest BCUT2D eigenvalue weighted by atomic mass is 10.3. The highest BCUT2D eigenvalue weighted by molar-refractivity contribution is 7.98. The molecule has 0 radical (unpaired) electrons. The zero-order valence-corrected chi connectivity index (χ0v) is 11.9. The number of aryl methyl sites for hydroxylation is 2.